The minimum absolute atomic E-state index is 0.00694. The fourth-order valence-corrected chi connectivity index (χ4v) is 1.72. The number of hydrogen-bond donors (Lipinski definition) is 0. The quantitative estimate of drug-likeness (QED) is 0.656. The molecule has 0 atom stereocenters. The van der Waals surface area contributed by atoms with Gasteiger partial charge in [0.2, 0.25) is 0 Å². The predicted molar refractivity (Wildman–Crippen MR) is 48.9 cm³/mol. The van der Waals surface area contributed by atoms with Crippen LogP contribution >= 0.6 is 27.5 Å². The molecule has 0 aliphatic rings. The topological polar surface area (TPSA) is 0 Å². The van der Waals surface area contributed by atoms with Crippen LogP contribution in [0.4, 0.5) is 13.2 Å². The highest BCUT2D eigenvalue weighted by Crippen LogP contribution is 2.38. The Balaban J connectivity index is 3.35. The van der Waals surface area contributed by atoms with Gasteiger partial charge in [-0.15, -0.1) is 0 Å². The zero-order chi connectivity index (χ0) is 10.2. The normalized spacial score (nSPS) is 11.8. The first kappa shape index (κ1) is 10.9. The van der Waals surface area contributed by atoms with E-state index in [-0.39, 0.29) is 4.47 Å². The Kier molecular flexibility index (Phi) is 2.92. The lowest BCUT2D eigenvalue weighted by Gasteiger charge is -2.11. The Morgan fingerprint density at radius 1 is 1.31 bits per heavy atom. The van der Waals surface area contributed by atoms with Gasteiger partial charge in [0.1, 0.15) is 0 Å². The molecular formula is C8H5BrClF3. The van der Waals surface area contributed by atoms with Gasteiger partial charge in [-0.1, -0.05) is 11.6 Å². The van der Waals surface area contributed by atoms with Crippen molar-refractivity contribution in [3.8, 4) is 0 Å². The third-order valence-corrected chi connectivity index (χ3v) is 3.06. The van der Waals surface area contributed by atoms with Crippen LogP contribution in [0.5, 0.6) is 0 Å². The average molecular weight is 273 g/mol. The van der Waals surface area contributed by atoms with Crippen molar-refractivity contribution >= 4 is 27.5 Å². The van der Waals surface area contributed by atoms with Gasteiger partial charge in [-0.3, -0.25) is 0 Å². The summed E-state index contributed by atoms with van der Waals surface area (Å²) >= 11 is 8.50. The molecule has 0 bridgehead atoms. The van der Waals surface area contributed by atoms with E-state index in [2.05, 4.69) is 15.9 Å². The smallest absolute Gasteiger partial charge is 0.166 e. The number of hydrogen-bond acceptors (Lipinski definition) is 0. The number of halogens is 5. The predicted octanol–water partition coefficient (Wildman–Crippen LogP) is 4.43. The first-order valence-electron chi connectivity index (χ1n) is 3.36. The molecule has 72 valence electrons. The van der Waals surface area contributed by atoms with Gasteiger partial charge in [0.15, 0.2) is 0 Å². The molecule has 0 aliphatic carbocycles. The Morgan fingerprint density at radius 3 is 2.31 bits per heavy atom. The van der Waals surface area contributed by atoms with Crippen LogP contribution in [-0.4, -0.2) is 0 Å². The molecule has 0 N–H and O–H groups in total. The molecule has 0 heterocycles. The number of alkyl halides is 3. The van der Waals surface area contributed by atoms with Crippen LogP contribution < -0.4 is 0 Å². The molecule has 5 heteroatoms. The van der Waals surface area contributed by atoms with E-state index in [1.54, 1.807) is 0 Å². The highest BCUT2D eigenvalue weighted by atomic mass is 79.9. The summed E-state index contributed by atoms with van der Waals surface area (Å²) in [7, 11) is 0. The van der Waals surface area contributed by atoms with Crippen LogP contribution in [0.1, 0.15) is 11.1 Å². The molecule has 0 unspecified atom stereocenters. The molecule has 0 aromatic heterocycles. The van der Waals surface area contributed by atoms with Crippen molar-refractivity contribution in [1.82, 2.24) is 0 Å². The summed E-state index contributed by atoms with van der Waals surface area (Å²) in [6.07, 6.45) is -4.34. The van der Waals surface area contributed by atoms with Crippen molar-refractivity contribution in [1.29, 1.82) is 0 Å². The standard InChI is InChI=1S/C8H5BrClF3/c1-4-6(10)3-2-5(7(4)9)8(11,12)13/h2-3H,1H3. The van der Waals surface area contributed by atoms with E-state index in [0.717, 1.165) is 6.07 Å². The van der Waals surface area contributed by atoms with Gasteiger partial charge in [0.05, 0.1) is 5.56 Å². The van der Waals surface area contributed by atoms with Crippen LogP contribution in [0.25, 0.3) is 0 Å². The Morgan fingerprint density at radius 2 is 1.85 bits per heavy atom. The molecule has 0 fully saturated rings. The second-order valence-electron chi connectivity index (χ2n) is 2.53. The summed E-state index contributed by atoms with van der Waals surface area (Å²) in [5.74, 6) is 0. The Bertz CT molecular complexity index is 333. The third kappa shape index (κ3) is 2.17. The minimum atomic E-state index is -4.34. The SMILES string of the molecule is Cc1c(Cl)ccc(C(F)(F)F)c1Br. The van der Waals surface area contributed by atoms with Gasteiger partial charge in [-0.2, -0.15) is 13.2 Å². The van der Waals surface area contributed by atoms with E-state index in [1.807, 2.05) is 0 Å². The first-order valence-corrected chi connectivity index (χ1v) is 4.53. The summed E-state index contributed by atoms with van der Waals surface area (Å²) in [6.45, 7) is 1.53. The van der Waals surface area contributed by atoms with Gasteiger partial charge >= 0.3 is 6.18 Å². The van der Waals surface area contributed by atoms with E-state index in [4.69, 9.17) is 11.6 Å². The molecule has 0 nitrogen and oxygen atoms in total. The van der Waals surface area contributed by atoms with Crippen LogP contribution in [0, 0.1) is 6.92 Å². The lowest BCUT2D eigenvalue weighted by atomic mass is 10.1. The third-order valence-electron chi connectivity index (χ3n) is 1.63. The molecule has 0 spiro atoms. The Labute approximate surface area is 86.8 Å². The van der Waals surface area contributed by atoms with Crippen molar-refractivity contribution in [2.24, 2.45) is 0 Å². The van der Waals surface area contributed by atoms with E-state index in [1.165, 1.54) is 13.0 Å². The number of rotatable bonds is 0. The van der Waals surface area contributed by atoms with E-state index < -0.39 is 11.7 Å². The molecule has 0 radical (unpaired) electrons. The maximum Gasteiger partial charge on any atom is 0.417 e. The largest absolute Gasteiger partial charge is 0.417 e. The van der Waals surface area contributed by atoms with Crippen molar-refractivity contribution in [2.75, 3.05) is 0 Å². The summed E-state index contributed by atoms with van der Waals surface area (Å²) < 4.78 is 36.9. The van der Waals surface area contributed by atoms with Gasteiger partial charge in [0, 0.05) is 9.50 Å². The van der Waals surface area contributed by atoms with Crippen molar-refractivity contribution in [3.05, 3.63) is 32.8 Å². The molecule has 1 aromatic carbocycles. The second kappa shape index (κ2) is 3.50. The Hall–Kier alpha value is -0.220. The van der Waals surface area contributed by atoms with Crippen molar-refractivity contribution in [3.63, 3.8) is 0 Å². The lowest BCUT2D eigenvalue weighted by molar-refractivity contribution is -0.138. The maximum absolute atomic E-state index is 12.3. The van der Waals surface area contributed by atoms with E-state index >= 15 is 0 Å². The minimum Gasteiger partial charge on any atom is -0.166 e. The molecule has 13 heavy (non-hydrogen) atoms. The summed E-state index contributed by atoms with van der Waals surface area (Å²) in [5, 5.41) is 0.319. The highest BCUT2D eigenvalue weighted by molar-refractivity contribution is 9.10. The highest BCUT2D eigenvalue weighted by Gasteiger charge is 2.33. The maximum atomic E-state index is 12.3. The molecule has 1 aromatic rings. The van der Waals surface area contributed by atoms with Crippen LogP contribution in [0.2, 0.25) is 5.02 Å². The van der Waals surface area contributed by atoms with Gasteiger partial charge in [0.25, 0.3) is 0 Å². The van der Waals surface area contributed by atoms with Crippen molar-refractivity contribution in [2.45, 2.75) is 13.1 Å². The molecule has 0 saturated carbocycles. The van der Waals surface area contributed by atoms with Gasteiger partial charge in [-0.25, -0.2) is 0 Å². The van der Waals surface area contributed by atoms with Crippen LogP contribution in [-0.2, 0) is 6.18 Å². The molecule has 0 saturated heterocycles. The zero-order valence-corrected chi connectivity index (χ0v) is 8.89. The zero-order valence-electron chi connectivity index (χ0n) is 6.54. The molecule has 0 amide bonds. The monoisotopic (exact) mass is 272 g/mol. The number of benzene rings is 1. The lowest BCUT2D eigenvalue weighted by Crippen LogP contribution is -2.06. The summed E-state index contributed by atoms with van der Waals surface area (Å²) in [6, 6.07) is 2.20. The van der Waals surface area contributed by atoms with Crippen LogP contribution in [0.15, 0.2) is 16.6 Å². The fourth-order valence-electron chi connectivity index (χ4n) is 0.880. The average Bonchev–Trinajstić information content (AvgIpc) is 1.98. The van der Waals surface area contributed by atoms with E-state index in [0.29, 0.717) is 10.6 Å². The van der Waals surface area contributed by atoms with Gasteiger partial charge < -0.3 is 0 Å². The van der Waals surface area contributed by atoms with Crippen LogP contribution in [0.3, 0.4) is 0 Å². The van der Waals surface area contributed by atoms with E-state index in [9.17, 15) is 13.2 Å². The molecule has 1 rings (SSSR count). The van der Waals surface area contributed by atoms with Crippen molar-refractivity contribution < 1.29 is 13.2 Å². The summed E-state index contributed by atoms with van der Waals surface area (Å²) in [5.41, 5.74) is -0.300. The fraction of sp³-hybridized carbons (Fsp3) is 0.250. The second-order valence-corrected chi connectivity index (χ2v) is 3.73. The molecular weight excluding hydrogens is 268 g/mol. The summed E-state index contributed by atoms with van der Waals surface area (Å²) in [4.78, 5) is 0. The molecule has 0 aliphatic heterocycles. The van der Waals surface area contributed by atoms with Gasteiger partial charge in [-0.05, 0) is 40.5 Å². The first-order chi connectivity index (χ1) is 5.84.